The lowest BCUT2D eigenvalue weighted by atomic mass is 9.80. The van der Waals surface area contributed by atoms with Crippen LogP contribution in [0.1, 0.15) is 50.5 Å². The van der Waals surface area contributed by atoms with Crippen LogP contribution < -0.4 is 5.32 Å². The van der Waals surface area contributed by atoms with E-state index in [0.717, 1.165) is 30.5 Å². The average Bonchev–Trinajstić information content (AvgIpc) is 2.65. The summed E-state index contributed by atoms with van der Waals surface area (Å²) in [6.45, 7) is 0. The molecule has 1 aromatic carbocycles. The summed E-state index contributed by atoms with van der Waals surface area (Å²) < 4.78 is 0. The Bertz CT molecular complexity index is 710. The topological polar surface area (TPSA) is 86.7 Å². The van der Waals surface area contributed by atoms with E-state index >= 15 is 0 Å². The second kappa shape index (κ2) is 7.48. The molecule has 2 N–H and O–H groups in total. The molecule has 140 valence electrons. The average molecular weight is 358 g/mol. The van der Waals surface area contributed by atoms with E-state index in [0.29, 0.717) is 25.7 Å². The molecule has 0 aromatic heterocycles. The van der Waals surface area contributed by atoms with Crippen LogP contribution in [-0.2, 0) is 20.8 Å². The number of likely N-dealkylation sites (N-methyl/N-ethyl adjacent to an activating group) is 1. The molecule has 3 rings (SSSR count). The van der Waals surface area contributed by atoms with Crippen LogP contribution in [0, 0.1) is 5.92 Å². The number of nitrogens with one attached hydrogen (secondary N) is 1. The lowest BCUT2D eigenvalue weighted by Crippen LogP contribution is -2.56. The van der Waals surface area contributed by atoms with Gasteiger partial charge in [0.25, 0.3) is 0 Å². The third-order valence-electron chi connectivity index (χ3n) is 5.91. The second-order valence-electron chi connectivity index (χ2n) is 7.44. The Labute approximate surface area is 153 Å². The minimum atomic E-state index is -1.09. The predicted molar refractivity (Wildman–Crippen MR) is 97.7 cm³/mol. The van der Waals surface area contributed by atoms with Crippen LogP contribution in [0.5, 0.6) is 0 Å². The first kappa shape index (κ1) is 18.4. The summed E-state index contributed by atoms with van der Waals surface area (Å²) >= 11 is 0. The summed E-state index contributed by atoms with van der Waals surface area (Å²) in [6, 6.07) is 7.68. The lowest BCUT2D eigenvalue weighted by Gasteiger charge is -2.41. The van der Waals surface area contributed by atoms with Gasteiger partial charge < -0.3 is 15.3 Å². The first-order chi connectivity index (χ1) is 12.4. The first-order valence-corrected chi connectivity index (χ1v) is 9.33. The third-order valence-corrected chi connectivity index (χ3v) is 5.91. The SMILES string of the molecule is CN(C(=O)CCC1Cc2ccccc2NC1=O)C1(C(=O)O)CCCCC1. The zero-order valence-corrected chi connectivity index (χ0v) is 15.2. The van der Waals surface area contributed by atoms with Gasteiger partial charge in [-0.1, -0.05) is 37.5 Å². The van der Waals surface area contributed by atoms with Gasteiger partial charge in [-0.15, -0.1) is 0 Å². The number of hydrogen-bond donors (Lipinski definition) is 2. The molecule has 1 saturated carbocycles. The van der Waals surface area contributed by atoms with Gasteiger partial charge in [0, 0.05) is 25.1 Å². The van der Waals surface area contributed by atoms with Crippen LogP contribution in [0.25, 0.3) is 0 Å². The number of carbonyl (C=O) groups is 3. The quantitative estimate of drug-likeness (QED) is 0.847. The molecule has 1 aliphatic heterocycles. The number of amides is 2. The molecule has 0 saturated heterocycles. The Hall–Kier alpha value is -2.37. The van der Waals surface area contributed by atoms with Crippen LogP contribution in [-0.4, -0.2) is 40.4 Å². The van der Waals surface area contributed by atoms with Crippen molar-refractivity contribution in [2.75, 3.05) is 12.4 Å². The van der Waals surface area contributed by atoms with Crippen LogP contribution in [0.4, 0.5) is 5.69 Å². The van der Waals surface area contributed by atoms with Crippen LogP contribution in [0.2, 0.25) is 0 Å². The normalized spacial score (nSPS) is 21.4. The molecule has 2 aliphatic rings. The number of hydrogen-bond acceptors (Lipinski definition) is 3. The number of para-hydroxylation sites is 1. The van der Waals surface area contributed by atoms with Crippen molar-refractivity contribution in [2.45, 2.75) is 56.9 Å². The van der Waals surface area contributed by atoms with Gasteiger partial charge in [-0.05, 0) is 37.3 Å². The molecule has 1 unspecified atom stereocenters. The highest BCUT2D eigenvalue weighted by atomic mass is 16.4. The van der Waals surface area contributed by atoms with Crippen LogP contribution in [0.3, 0.4) is 0 Å². The van der Waals surface area contributed by atoms with Crippen molar-refractivity contribution in [3.8, 4) is 0 Å². The zero-order valence-electron chi connectivity index (χ0n) is 15.2. The molecular formula is C20H26N2O4. The fourth-order valence-corrected chi connectivity index (χ4v) is 4.18. The monoisotopic (exact) mass is 358 g/mol. The molecule has 26 heavy (non-hydrogen) atoms. The summed E-state index contributed by atoms with van der Waals surface area (Å²) in [5, 5.41) is 12.6. The van der Waals surface area contributed by atoms with Crippen molar-refractivity contribution < 1.29 is 19.5 Å². The molecule has 0 radical (unpaired) electrons. The fraction of sp³-hybridized carbons (Fsp3) is 0.550. The molecule has 0 spiro atoms. The zero-order chi connectivity index (χ0) is 18.7. The number of carboxylic acid groups (broad SMARTS) is 1. The molecule has 0 bridgehead atoms. The molecule has 1 heterocycles. The van der Waals surface area contributed by atoms with Crippen molar-refractivity contribution in [3.63, 3.8) is 0 Å². The fourth-order valence-electron chi connectivity index (χ4n) is 4.18. The molecule has 1 fully saturated rings. The number of aliphatic carboxylic acids is 1. The Morgan fingerprint density at radius 3 is 2.62 bits per heavy atom. The standard InChI is InChI=1S/C20H26N2O4/c1-22(20(19(25)26)11-5-2-6-12-20)17(23)10-9-15-13-14-7-3-4-8-16(14)21-18(15)24/h3-4,7-8,15H,2,5-6,9-13H2,1H3,(H,21,24)(H,25,26). The molecule has 6 nitrogen and oxygen atoms in total. The molecule has 6 heteroatoms. The third kappa shape index (κ3) is 3.45. The van der Waals surface area contributed by atoms with Gasteiger partial charge in [0.15, 0.2) is 0 Å². The number of fused-ring (bicyclic) bond motifs is 1. The highest BCUT2D eigenvalue weighted by molar-refractivity contribution is 5.96. The molecule has 1 aliphatic carbocycles. The molecule has 1 atom stereocenters. The van der Waals surface area contributed by atoms with Gasteiger partial charge in [-0.2, -0.15) is 0 Å². The van der Waals surface area contributed by atoms with Gasteiger partial charge in [0.1, 0.15) is 5.54 Å². The summed E-state index contributed by atoms with van der Waals surface area (Å²) in [5.74, 6) is -1.43. The number of nitrogens with zero attached hydrogens (tertiary/aromatic N) is 1. The Morgan fingerprint density at radius 1 is 1.23 bits per heavy atom. The predicted octanol–water partition coefficient (Wildman–Crippen LogP) is 2.82. The van der Waals surface area contributed by atoms with Crippen molar-refractivity contribution in [3.05, 3.63) is 29.8 Å². The highest BCUT2D eigenvalue weighted by Crippen LogP contribution is 2.34. The smallest absolute Gasteiger partial charge is 0.329 e. The van der Waals surface area contributed by atoms with E-state index in [9.17, 15) is 19.5 Å². The maximum absolute atomic E-state index is 12.7. The van der Waals surface area contributed by atoms with Gasteiger partial charge in [0.2, 0.25) is 11.8 Å². The van der Waals surface area contributed by atoms with Gasteiger partial charge in [-0.25, -0.2) is 4.79 Å². The van der Waals surface area contributed by atoms with E-state index in [2.05, 4.69) is 5.32 Å². The summed E-state index contributed by atoms with van der Waals surface area (Å²) in [4.78, 5) is 38.2. The van der Waals surface area contributed by atoms with Crippen molar-refractivity contribution in [1.82, 2.24) is 4.90 Å². The molecule has 2 amide bonds. The second-order valence-corrected chi connectivity index (χ2v) is 7.44. The van der Waals surface area contributed by atoms with Crippen LogP contribution in [0.15, 0.2) is 24.3 Å². The minimum absolute atomic E-state index is 0.0650. The Kier molecular flexibility index (Phi) is 5.30. The summed E-state index contributed by atoms with van der Waals surface area (Å²) in [6.07, 6.45) is 4.90. The molecule has 1 aromatic rings. The maximum atomic E-state index is 12.7. The number of benzene rings is 1. The summed E-state index contributed by atoms with van der Waals surface area (Å²) in [5.41, 5.74) is 0.827. The number of anilines is 1. The number of carbonyl (C=O) groups excluding carboxylic acids is 2. The lowest BCUT2D eigenvalue weighted by molar-refractivity contribution is -0.160. The van der Waals surface area contributed by atoms with Gasteiger partial charge >= 0.3 is 5.97 Å². The van der Waals surface area contributed by atoms with Gasteiger partial charge in [0.05, 0.1) is 0 Å². The van der Waals surface area contributed by atoms with Crippen molar-refractivity contribution >= 4 is 23.5 Å². The van der Waals surface area contributed by atoms with E-state index in [-0.39, 0.29) is 24.2 Å². The van der Waals surface area contributed by atoms with Crippen LogP contribution >= 0.6 is 0 Å². The Balaban J connectivity index is 1.63. The van der Waals surface area contributed by atoms with Gasteiger partial charge in [-0.3, -0.25) is 9.59 Å². The highest BCUT2D eigenvalue weighted by Gasteiger charge is 2.45. The minimum Gasteiger partial charge on any atom is -0.479 e. The first-order valence-electron chi connectivity index (χ1n) is 9.33. The van der Waals surface area contributed by atoms with Crippen molar-refractivity contribution in [2.24, 2.45) is 5.92 Å². The van der Waals surface area contributed by atoms with E-state index in [4.69, 9.17) is 0 Å². The largest absolute Gasteiger partial charge is 0.479 e. The number of carboxylic acids is 1. The Morgan fingerprint density at radius 2 is 1.92 bits per heavy atom. The van der Waals surface area contributed by atoms with E-state index in [1.807, 2.05) is 24.3 Å². The van der Waals surface area contributed by atoms with E-state index in [1.165, 1.54) is 4.90 Å². The van der Waals surface area contributed by atoms with E-state index in [1.54, 1.807) is 7.05 Å². The molecular weight excluding hydrogens is 332 g/mol. The summed E-state index contributed by atoms with van der Waals surface area (Å²) in [7, 11) is 1.60. The van der Waals surface area contributed by atoms with Crippen molar-refractivity contribution in [1.29, 1.82) is 0 Å². The number of rotatable bonds is 5. The van der Waals surface area contributed by atoms with E-state index < -0.39 is 11.5 Å². The maximum Gasteiger partial charge on any atom is 0.329 e.